The van der Waals surface area contributed by atoms with Crippen LogP contribution in [0.15, 0.2) is 97.1 Å². The summed E-state index contributed by atoms with van der Waals surface area (Å²) in [6.45, 7) is 2.23. The molecule has 0 fully saturated rings. The molecule has 0 N–H and O–H groups in total. The molecular formula is C31H19Cl. The SMILES string of the molecule is Cc1cccc2c3ccccc3c3ccc4c5ccccc5c5ccc(Cl)cc5c4c3c12. The van der Waals surface area contributed by atoms with Gasteiger partial charge in [0.05, 0.1) is 0 Å². The first-order chi connectivity index (χ1) is 15.7. The van der Waals surface area contributed by atoms with Crippen LogP contribution < -0.4 is 0 Å². The van der Waals surface area contributed by atoms with E-state index in [1.165, 1.54) is 70.2 Å². The largest absolute Gasteiger partial charge is 0.0843 e. The molecule has 0 aromatic heterocycles. The van der Waals surface area contributed by atoms with Crippen LogP contribution in [0.3, 0.4) is 0 Å². The normalized spacial score (nSPS) is 12.1. The van der Waals surface area contributed by atoms with Gasteiger partial charge in [-0.2, -0.15) is 0 Å². The van der Waals surface area contributed by atoms with Crippen LogP contribution in [0.5, 0.6) is 0 Å². The lowest BCUT2D eigenvalue weighted by Gasteiger charge is -2.17. The number of hydrogen-bond acceptors (Lipinski definition) is 0. The highest BCUT2D eigenvalue weighted by Gasteiger charge is 2.17. The number of rotatable bonds is 0. The first kappa shape index (κ1) is 18.0. The molecule has 0 heterocycles. The lowest BCUT2D eigenvalue weighted by Crippen LogP contribution is -1.90. The summed E-state index contributed by atoms with van der Waals surface area (Å²) in [6, 6.07) is 35.1. The Hall–Kier alpha value is -3.61. The monoisotopic (exact) mass is 426 g/mol. The van der Waals surface area contributed by atoms with Crippen LogP contribution in [0, 0.1) is 6.92 Å². The van der Waals surface area contributed by atoms with Crippen LogP contribution >= 0.6 is 11.6 Å². The van der Waals surface area contributed by atoms with Crippen LogP contribution in [0.1, 0.15) is 5.56 Å². The Morgan fingerprint density at radius 2 is 0.875 bits per heavy atom. The number of hydrogen-bond donors (Lipinski definition) is 0. The molecule has 0 aliphatic heterocycles. The molecule has 0 atom stereocenters. The lowest BCUT2D eigenvalue weighted by molar-refractivity contribution is 1.55. The molecule has 7 aromatic carbocycles. The van der Waals surface area contributed by atoms with Crippen molar-refractivity contribution < 1.29 is 0 Å². The Kier molecular flexibility index (Phi) is 3.63. The number of benzene rings is 7. The molecule has 0 radical (unpaired) electrons. The van der Waals surface area contributed by atoms with Crippen molar-refractivity contribution in [2.24, 2.45) is 0 Å². The second-order valence-corrected chi connectivity index (χ2v) is 9.13. The topological polar surface area (TPSA) is 0 Å². The van der Waals surface area contributed by atoms with Crippen LogP contribution in [0.25, 0.3) is 64.6 Å². The van der Waals surface area contributed by atoms with E-state index in [-0.39, 0.29) is 0 Å². The highest BCUT2D eigenvalue weighted by molar-refractivity contribution is 6.40. The molecule has 0 spiro atoms. The summed E-state index contributed by atoms with van der Waals surface area (Å²) in [4.78, 5) is 0. The van der Waals surface area contributed by atoms with Gasteiger partial charge in [0.25, 0.3) is 0 Å². The van der Waals surface area contributed by atoms with Gasteiger partial charge in [-0.05, 0) is 89.3 Å². The predicted octanol–water partition coefficient (Wildman–Crippen LogP) is 9.57. The highest BCUT2D eigenvalue weighted by atomic mass is 35.5. The van der Waals surface area contributed by atoms with Gasteiger partial charge in [-0.1, -0.05) is 96.5 Å². The molecule has 0 aliphatic carbocycles. The Bertz CT molecular complexity index is 1890. The van der Waals surface area contributed by atoms with Gasteiger partial charge < -0.3 is 0 Å². The molecule has 7 rings (SSSR count). The molecule has 0 nitrogen and oxygen atoms in total. The predicted molar refractivity (Wildman–Crippen MR) is 141 cm³/mol. The first-order valence-electron chi connectivity index (χ1n) is 11.0. The standard InChI is InChI=1S/C31H19Cl/c1-18-7-6-12-25-22-10-4-5-11-23(22)27-16-15-26-21-9-3-2-8-20(21)24-14-13-19(32)17-28(24)30(26)31(27)29(18)25/h2-17H,1H3. The maximum Gasteiger partial charge on any atom is 0.0412 e. The summed E-state index contributed by atoms with van der Waals surface area (Å²) in [5.74, 6) is 0. The van der Waals surface area contributed by atoms with Crippen LogP contribution in [0.2, 0.25) is 5.02 Å². The molecular weight excluding hydrogens is 408 g/mol. The number of halogens is 1. The van der Waals surface area contributed by atoms with Crippen molar-refractivity contribution in [1.82, 2.24) is 0 Å². The summed E-state index contributed by atoms with van der Waals surface area (Å²) in [5, 5.41) is 16.2. The summed E-state index contributed by atoms with van der Waals surface area (Å²) in [7, 11) is 0. The molecule has 0 unspecified atom stereocenters. The molecule has 0 saturated heterocycles. The summed E-state index contributed by atoms with van der Waals surface area (Å²) in [6.07, 6.45) is 0. The summed E-state index contributed by atoms with van der Waals surface area (Å²) in [5.41, 5.74) is 1.30. The van der Waals surface area contributed by atoms with E-state index in [1.54, 1.807) is 0 Å². The smallest absolute Gasteiger partial charge is 0.0412 e. The highest BCUT2D eigenvalue weighted by Crippen LogP contribution is 2.45. The van der Waals surface area contributed by atoms with Gasteiger partial charge in [0.1, 0.15) is 0 Å². The third-order valence-electron chi connectivity index (χ3n) is 6.99. The van der Waals surface area contributed by atoms with Gasteiger partial charge >= 0.3 is 0 Å². The van der Waals surface area contributed by atoms with E-state index >= 15 is 0 Å². The fourth-order valence-electron chi connectivity index (χ4n) is 5.68. The number of aryl methyl sites for hydroxylation is 1. The van der Waals surface area contributed by atoms with E-state index in [9.17, 15) is 0 Å². The minimum absolute atomic E-state index is 0.771. The van der Waals surface area contributed by atoms with Crippen molar-refractivity contribution in [3.05, 3.63) is 108 Å². The second-order valence-electron chi connectivity index (χ2n) is 8.69. The first-order valence-corrected chi connectivity index (χ1v) is 11.4. The molecule has 0 amide bonds. The quantitative estimate of drug-likeness (QED) is 0.212. The fourth-order valence-corrected chi connectivity index (χ4v) is 5.85. The average Bonchev–Trinajstić information content (AvgIpc) is 2.83. The molecule has 0 aliphatic rings. The van der Waals surface area contributed by atoms with Crippen molar-refractivity contribution in [1.29, 1.82) is 0 Å². The van der Waals surface area contributed by atoms with Crippen LogP contribution in [0.4, 0.5) is 0 Å². The maximum absolute atomic E-state index is 6.57. The van der Waals surface area contributed by atoms with E-state index in [1.807, 2.05) is 6.07 Å². The van der Waals surface area contributed by atoms with E-state index in [2.05, 4.69) is 97.9 Å². The number of fused-ring (bicyclic) bond motifs is 13. The summed E-state index contributed by atoms with van der Waals surface area (Å²) >= 11 is 6.57. The van der Waals surface area contributed by atoms with Gasteiger partial charge in [0.15, 0.2) is 0 Å². The Labute approximate surface area is 190 Å². The van der Waals surface area contributed by atoms with Gasteiger partial charge in [-0.3, -0.25) is 0 Å². The van der Waals surface area contributed by atoms with Gasteiger partial charge in [0, 0.05) is 5.02 Å². The van der Waals surface area contributed by atoms with Gasteiger partial charge in [-0.15, -0.1) is 0 Å². The molecule has 0 bridgehead atoms. The van der Waals surface area contributed by atoms with Crippen LogP contribution in [-0.4, -0.2) is 0 Å². The zero-order valence-electron chi connectivity index (χ0n) is 17.6. The minimum Gasteiger partial charge on any atom is -0.0843 e. The molecule has 1 heteroatoms. The van der Waals surface area contributed by atoms with Gasteiger partial charge in [0.2, 0.25) is 0 Å². The Morgan fingerprint density at radius 1 is 0.406 bits per heavy atom. The zero-order valence-corrected chi connectivity index (χ0v) is 18.4. The molecule has 32 heavy (non-hydrogen) atoms. The zero-order chi connectivity index (χ0) is 21.4. The Morgan fingerprint density at radius 3 is 1.53 bits per heavy atom. The fraction of sp³-hybridized carbons (Fsp3) is 0.0323. The van der Waals surface area contributed by atoms with E-state index in [4.69, 9.17) is 11.6 Å². The van der Waals surface area contributed by atoms with Gasteiger partial charge in [-0.25, -0.2) is 0 Å². The molecule has 0 saturated carbocycles. The third-order valence-corrected chi connectivity index (χ3v) is 7.23. The van der Waals surface area contributed by atoms with Crippen LogP contribution in [-0.2, 0) is 0 Å². The van der Waals surface area contributed by atoms with Crippen molar-refractivity contribution in [3.63, 3.8) is 0 Å². The van der Waals surface area contributed by atoms with Crippen molar-refractivity contribution >= 4 is 76.2 Å². The van der Waals surface area contributed by atoms with E-state index in [0.29, 0.717) is 0 Å². The second kappa shape index (κ2) is 6.45. The van der Waals surface area contributed by atoms with Crippen molar-refractivity contribution in [2.75, 3.05) is 0 Å². The average molecular weight is 427 g/mol. The minimum atomic E-state index is 0.771. The van der Waals surface area contributed by atoms with E-state index < -0.39 is 0 Å². The van der Waals surface area contributed by atoms with Crippen molar-refractivity contribution in [3.8, 4) is 0 Å². The third kappa shape index (κ3) is 2.28. The maximum atomic E-state index is 6.57. The molecule has 7 aromatic rings. The van der Waals surface area contributed by atoms with E-state index in [0.717, 1.165) is 5.02 Å². The summed E-state index contributed by atoms with van der Waals surface area (Å²) < 4.78 is 0. The van der Waals surface area contributed by atoms with Crippen molar-refractivity contribution in [2.45, 2.75) is 6.92 Å². The molecule has 150 valence electrons. The Balaban J connectivity index is 1.94. The lowest BCUT2D eigenvalue weighted by atomic mass is 9.86.